The Labute approximate surface area is 544 Å². The van der Waals surface area contributed by atoms with Gasteiger partial charge in [-0.25, -0.2) is 50.5 Å². The van der Waals surface area contributed by atoms with Gasteiger partial charge in [0.25, 0.3) is 0 Å². The summed E-state index contributed by atoms with van der Waals surface area (Å²) in [5.74, 6) is -98.9. The van der Waals surface area contributed by atoms with Crippen molar-refractivity contribution in [2.75, 3.05) is 0 Å². The molecule has 0 N–H and O–H groups in total. The number of nitrogens with zero attached hydrogens (tertiary/aromatic N) is 3. The summed E-state index contributed by atoms with van der Waals surface area (Å²) in [7, 11) is -52.9. The van der Waals surface area contributed by atoms with Crippen molar-refractivity contribution < 1.29 is 335 Å². The largest absolute Gasteiger partial charge is 3.00 e. The molecule has 0 aliphatic rings. The summed E-state index contributed by atoms with van der Waals surface area (Å²) in [5, 5.41) is -49.3. The van der Waals surface area contributed by atoms with Gasteiger partial charge in [0.15, 0.2) is 60.1 Å². The van der Waals surface area contributed by atoms with Gasteiger partial charge in [0.2, 0.25) is 0 Å². The Morgan fingerprint density at radius 2 is 0.190 bits per heavy atom. The van der Waals surface area contributed by atoms with Gasteiger partial charge in [-0.2, -0.15) is 237 Å². The van der Waals surface area contributed by atoms with E-state index in [2.05, 4.69) is 0 Å². The van der Waals surface area contributed by atoms with E-state index in [1.165, 1.54) is 0 Å². The Balaban J connectivity index is -0.000000688. The molecule has 0 unspecified atom stereocenters. The number of sulfonamides is 6. The van der Waals surface area contributed by atoms with E-state index in [-0.39, 0.29) is 59.3 Å². The summed E-state index contributed by atoms with van der Waals surface area (Å²) < 4.78 is 808. The Morgan fingerprint density at radius 1 is 0.130 bits per heavy atom. The van der Waals surface area contributed by atoms with Crippen LogP contribution >= 0.6 is 0 Å². The molecule has 0 saturated carbocycles. The second-order valence-electron chi connectivity index (χ2n) is 16.1. The minimum absolute atomic E-state index is 0. The predicted octanol–water partition coefficient (Wildman–Crippen LogP) is 14.6. The van der Waals surface area contributed by atoms with Crippen LogP contribution in [0.2, 0.25) is 0 Å². The maximum atomic E-state index is 13.2. The van der Waals surface area contributed by atoms with Crippen molar-refractivity contribution >= 4 is 60.1 Å². The first kappa shape index (κ1) is 104. The summed E-state index contributed by atoms with van der Waals surface area (Å²) in [6.45, 7) is 0. The van der Waals surface area contributed by atoms with Crippen LogP contribution < -0.4 is 0 Å². The molecule has 611 valence electrons. The van der Waals surface area contributed by atoms with E-state index in [0.717, 1.165) is 0 Å². The van der Waals surface area contributed by atoms with Gasteiger partial charge in [-0.1, -0.05) is 0 Å². The van der Waals surface area contributed by atoms with Crippen LogP contribution in [0.25, 0.3) is 12.4 Å². The normalized spacial score (nSPS) is 16.6. The van der Waals surface area contributed by atoms with E-state index in [1.54, 1.807) is 0 Å². The molecule has 100 heavy (non-hydrogen) atoms. The van der Waals surface area contributed by atoms with E-state index in [4.69, 9.17) is 0 Å². The monoisotopic (exact) mass is 1910 g/mol. The summed E-state index contributed by atoms with van der Waals surface area (Å²) in [4.78, 5) is 0. The standard InChI is InChI=1S/3C8F18NO4S2.Yb/c3*9-1(10,5(17,18)19)3(13,14)7(23,24)32(28,29)27-33(30,31)8(25,26)4(15,16)2(11,12)6(20,21)22;/q3*-1;+3. The fourth-order valence-corrected chi connectivity index (χ4v) is 11.9. The van der Waals surface area contributed by atoms with Crippen LogP contribution in [-0.2, 0) is 60.1 Å². The molecule has 1 radical (unpaired) electrons. The molecule has 0 heterocycles. The van der Waals surface area contributed by atoms with E-state index in [1.807, 2.05) is 0 Å². The van der Waals surface area contributed by atoms with Crippen molar-refractivity contribution in [1.82, 2.24) is 0 Å². The zero-order chi connectivity index (χ0) is 83.1. The third kappa shape index (κ3) is 15.8. The number of alkyl halides is 54. The van der Waals surface area contributed by atoms with Gasteiger partial charge in [-0.15, -0.1) is 0 Å². The van der Waals surface area contributed by atoms with Gasteiger partial charge in [-0.05, 0) is 0 Å². The third-order valence-electron chi connectivity index (χ3n) is 9.23. The Hall–Kier alpha value is -2.68. The minimum atomic E-state index is -8.81. The number of hydrogen-bond acceptors (Lipinski definition) is 12. The summed E-state index contributed by atoms with van der Waals surface area (Å²) in [5.41, 5.74) is 0. The SMILES string of the molecule is O=S(=O)([N-]S(=O)(=O)C(F)(F)C(F)(F)C(F)(F)C(F)(F)F)C(F)(F)C(F)(F)C(F)(F)C(F)(F)F.O=S(=O)([N-]S(=O)(=O)C(F)(F)C(F)(F)C(F)(F)C(F)(F)F)C(F)(F)C(F)(F)C(F)(F)C(F)(F)F.O=S(=O)([N-]S(=O)(=O)C(F)(F)C(F)(F)C(F)(F)C(F)(F)F)C(F)(F)C(F)(F)C(F)(F)C(F)(F)F.[Yb+3]. The van der Waals surface area contributed by atoms with Crippen molar-refractivity contribution in [3.8, 4) is 0 Å². The van der Waals surface area contributed by atoms with Gasteiger partial charge in [0.05, 0.1) is 0 Å². The third-order valence-corrected chi connectivity index (χ3v) is 19.4. The van der Waals surface area contributed by atoms with Gasteiger partial charge in [0.1, 0.15) is 0 Å². The number of hydrogen-bond donors (Lipinski definition) is 0. The summed E-state index contributed by atoms with van der Waals surface area (Å²) >= 11 is 0. The molecule has 76 heteroatoms. The second kappa shape index (κ2) is 26.9. The van der Waals surface area contributed by atoms with E-state index in [0.29, 0.717) is 0 Å². The van der Waals surface area contributed by atoms with Crippen LogP contribution in [0.5, 0.6) is 0 Å². The van der Waals surface area contributed by atoms with Crippen molar-refractivity contribution in [3.05, 3.63) is 12.4 Å². The van der Waals surface area contributed by atoms with Crippen LogP contribution in [0.4, 0.5) is 237 Å². The van der Waals surface area contributed by atoms with Crippen molar-refractivity contribution in [1.29, 1.82) is 0 Å². The van der Waals surface area contributed by atoms with Crippen LogP contribution in [0.15, 0.2) is 0 Å². The number of halogens is 54. The molecule has 0 aliphatic carbocycles. The molecule has 0 spiro atoms. The average Bonchev–Trinajstić information content (AvgIpc) is 0.721. The van der Waals surface area contributed by atoms with E-state index >= 15 is 0 Å². The van der Waals surface area contributed by atoms with Crippen molar-refractivity contribution in [3.63, 3.8) is 0 Å². The van der Waals surface area contributed by atoms with Crippen LogP contribution in [0.3, 0.4) is 0 Å². The first-order chi connectivity index (χ1) is 41.1. The van der Waals surface area contributed by atoms with Crippen molar-refractivity contribution in [2.24, 2.45) is 0 Å². The molecule has 0 aromatic heterocycles. The van der Waals surface area contributed by atoms with Crippen LogP contribution in [0.1, 0.15) is 0 Å². The molecule has 0 fully saturated rings. The quantitative estimate of drug-likeness (QED) is 0.0819. The van der Waals surface area contributed by atoms with E-state index < -0.39 is 200 Å². The van der Waals surface area contributed by atoms with Gasteiger partial charge >= 0.3 is 187 Å². The Bertz CT molecular complexity index is 3020. The fourth-order valence-electron chi connectivity index (χ4n) is 3.80. The number of rotatable bonds is 24. The topological polar surface area (TPSA) is 247 Å². The van der Waals surface area contributed by atoms with E-state index in [9.17, 15) is 288 Å². The molecule has 0 atom stereocenters. The Morgan fingerprint density at radius 3 is 0.240 bits per heavy atom. The molecule has 0 aromatic carbocycles. The first-order valence-corrected chi connectivity index (χ1v) is 27.7. The molecule has 15 nitrogen and oxygen atoms in total. The molecule has 0 bridgehead atoms. The molecule has 0 aromatic rings. The molecular formula is C24F54N3O12S6Yb. The average molecular weight is 1910 g/mol. The fraction of sp³-hybridized carbons (Fsp3) is 1.00. The first-order valence-electron chi connectivity index (χ1n) is 19.0. The molecule has 0 aliphatic heterocycles. The maximum absolute atomic E-state index is 13.2. The van der Waals surface area contributed by atoms with Crippen LogP contribution in [-0.4, -0.2) is 190 Å². The molecule has 0 saturated heterocycles. The smallest absolute Gasteiger partial charge is 0.425 e. The predicted molar refractivity (Wildman–Crippen MR) is 189 cm³/mol. The van der Waals surface area contributed by atoms with Crippen molar-refractivity contribution in [2.45, 2.75) is 140 Å². The molecular weight excluding hydrogens is 1910 g/mol. The zero-order valence-electron chi connectivity index (χ0n) is 41.4. The summed E-state index contributed by atoms with van der Waals surface area (Å²) in [6, 6.07) is 0. The molecule has 0 amide bonds. The molecule has 0 rings (SSSR count). The van der Waals surface area contributed by atoms with Gasteiger partial charge < -0.3 is 12.4 Å². The second-order valence-corrected chi connectivity index (χ2v) is 26.6. The van der Waals surface area contributed by atoms with Gasteiger partial charge in [0, 0.05) is 0 Å². The van der Waals surface area contributed by atoms with Gasteiger partial charge in [-0.3, -0.25) is 0 Å². The minimum Gasteiger partial charge on any atom is -0.425 e. The summed E-state index contributed by atoms with van der Waals surface area (Å²) in [6.07, 6.45) is -46.7. The maximum Gasteiger partial charge on any atom is 3.00 e. The Kier molecular flexibility index (Phi) is 27.9. The zero-order valence-corrected chi connectivity index (χ0v) is 48.0. The van der Waals surface area contributed by atoms with Crippen LogP contribution in [0, 0.1) is 46.9 Å².